The van der Waals surface area contributed by atoms with Crippen LogP contribution >= 0.6 is 0 Å². The van der Waals surface area contributed by atoms with Crippen LogP contribution < -0.4 is 15.5 Å². The molecule has 3 aromatic rings. The molecule has 1 aliphatic heterocycles. The molecule has 32 heavy (non-hydrogen) atoms. The summed E-state index contributed by atoms with van der Waals surface area (Å²) < 4.78 is 52.9. The van der Waals surface area contributed by atoms with Crippen LogP contribution in [0.2, 0.25) is 0 Å². The smallest absolute Gasteiger partial charge is 0.368 e. The summed E-state index contributed by atoms with van der Waals surface area (Å²) in [5.41, 5.74) is 0.202. The fraction of sp³-hybridized carbons (Fsp3) is 0.286. The van der Waals surface area contributed by atoms with Crippen molar-refractivity contribution in [2.24, 2.45) is 0 Å². The highest BCUT2D eigenvalue weighted by molar-refractivity contribution is 5.60. The van der Waals surface area contributed by atoms with Crippen molar-refractivity contribution < 1.29 is 17.6 Å². The largest absolute Gasteiger partial charge is 0.416 e. The van der Waals surface area contributed by atoms with Gasteiger partial charge in [-0.2, -0.15) is 18.2 Å². The Morgan fingerprint density at radius 3 is 2.41 bits per heavy atom. The quantitative estimate of drug-likeness (QED) is 0.566. The van der Waals surface area contributed by atoms with E-state index in [0.717, 1.165) is 50.2 Å². The molecule has 2 N–H and O–H groups in total. The maximum atomic E-state index is 14.2. The lowest BCUT2D eigenvalue weighted by Gasteiger charge is -2.33. The highest BCUT2D eigenvalue weighted by Crippen LogP contribution is 2.31. The van der Waals surface area contributed by atoms with E-state index < -0.39 is 17.6 Å². The maximum absolute atomic E-state index is 14.2. The first kappa shape index (κ1) is 21.8. The number of halogens is 4. The molecule has 0 bridgehead atoms. The topological polar surface area (TPSA) is 69.2 Å². The molecular formula is C21H21F4N7. The van der Waals surface area contributed by atoms with Crippen LogP contribution in [-0.2, 0) is 6.18 Å². The Labute approximate surface area is 182 Å². The highest BCUT2D eigenvalue weighted by Gasteiger charge is 2.30. The van der Waals surface area contributed by atoms with Gasteiger partial charge < -0.3 is 20.4 Å². The number of nitrogens with zero attached hydrogens (tertiary/aromatic N) is 5. The zero-order valence-corrected chi connectivity index (χ0v) is 17.2. The molecule has 1 saturated heterocycles. The molecule has 0 radical (unpaired) electrons. The maximum Gasteiger partial charge on any atom is 0.416 e. The van der Waals surface area contributed by atoms with Gasteiger partial charge >= 0.3 is 6.18 Å². The predicted molar refractivity (Wildman–Crippen MR) is 114 cm³/mol. The van der Waals surface area contributed by atoms with Crippen molar-refractivity contribution in [2.75, 3.05) is 48.8 Å². The van der Waals surface area contributed by atoms with Gasteiger partial charge in [-0.1, -0.05) is 6.07 Å². The number of hydrogen-bond donors (Lipinski definition) is 2. The monoisotopic (exact) mass is 447 g/mol. The lowest BCUT2D eigenvalue weighted by molar-refractivity contribution is -0.137. The average molecular weight is 447 g/mol. The van der Waals surface area contributed by atoms with Gasteiger partial charge in [0.1, 0.15) is 5.82 Å². The minimum atomic E-state index is -4.50. The number of pyridine rings is 1. The predicted octanol–water partition coefficient (Wildman–Crippen LogP) is 4.27. The minimum absolute atomic E-state index is 0.0537. The van der Waals surface area contributed by atoms with Crippen LogP contribution in [0.25, 0.3) is 0 Å². The molecule has 0 atom stereocenters. The normalized spacial score (nSPS) is 15.0. The van der Waals surface area contributed by atoms with E-state index in [9.17, 15) is 17.6 Å². The van der Waals surface area contributed by atoms with Gasteiger partial charge in [0.25, 0.3) is 0 Å². The third-order valence-corrected chi connectivity index (χ3v) is 5.05. The summed E-state index contributed by atoms with van der Waals surface area (Å²) in [6.07, 6.45) is -1.83. The second-order valence-electron chi connectivity index (χ2n) is 7.41. The Bertz CT molecular complexity index is 1060. The molecule has 0 unspecified atom stereocenters. The van der Waals surface area contributed by atoms with E-state index in [1.807, 2.05) is 6.07 Å². The van der Waals surface area contributed by atoms with Crippen LogP contribution in [0.5, 0.6) is 0 Å². The van der Waals surface area contributed by atoms with Gasteiger partial charge in [-0.25, -0.2) is 14.4 Å². The van der Waals surface area contributed by atoms with Crippen LogP contribution in [0.4, 0.5) is 46.5 Å². The number of benzene rings is 1. The second-order valence-corrected chi connectivity index (χ2v) is 7.41. The molecule has 11 heteroatoms. The highest BCUT2D eigenvalue weighted by atomic mass is 19.4. The summed E-state index contributed by atoms with van der Waals surface area (Å²) in [5.74, 6) is -0.539. The fourth-order valence-electron chi connectivity index (χ4n) is 3.25. The number of rotatable bonds is 5. The van der Waals surface area contributed by atoms with Gasteiger partial charge in [0.2, 0.25) is 5.95 Å². The average Bonchev–Trinajstić information content (AvgIpc) is 2.77. The van der Waals surface area contributed by atoms with Crippen molar-refractivity contribution >= 4 is 29.0 Å². The van der Waals surface area contributed by atoms with Crippen molar-refractivity contribution in [3.8, 4) is 0 Å². The molecule has 0 aliphatic carbocycles. The van der Waals surface area contributed by atoms with Gasteiger partial charge in [0.05, 0.1) is 23.6 Å². The number of likely N-dealkylation sites (N-methyl/N-ethyl adjacent to an activating group) is 1. The molecule has 168 valence electrons. The van der Waals surface area contributed by atoms with E-state index in [1.165, 1.54) is 12.1 Å². The van der Waals surface area contributed by atoms with Crippen molar-refractivity contribution in [1.82, 2.24) is 19.9 Å². The second kappa shape index (κ2) is 8.95. The molecular weight excluding hydrogens is 426 g/mol. The lowest BCUT2D eigenvalue weighted by atomic mass is 10.2. The van der Waals surface area contributed by atoms with Crippen molar-refractivity contribution in [2.45, 2.75) is 6.18 Å². The SMILES string of the molecule is CN1CCN(c2ccc(Nc3ncc(F)c(Nc4cccc(C(F)(F)F)c4)n3)nc2)CC1. The Hall–Kier alpha value is -3.47. The van der Waals surface area contributed by atoms with Crippen LogP contribution in [-0.4, -0.2) is 53.1 Å². The summed E-state index contributed by atoms with van der Waals surface area (Å²) >= 11 is 0. The van der Waals surface area contributed by atoms with E-state index in [1.54, 1.807) is 12.3 Å². The Balaban J connectivity index is 1.46. The van der Waals surface area contributed by atoms with E-state index in [0.29, 0.717) is 5.82 Å². The first-order valence-electron chi connectivity index (χ1n) is 9.91. The zero-order valence-electron chi connectivity index (χ0n) is 17.2. The van der Waals surface area contributed by atoms with E-state index in [4.69, 9.17) is 0 Å². The molecule has 1 fully saturated rings. The molecule has 2 aromatic heterocycles. The Morgan fingerprint density at radius 1 is 0.938 bits per heavy atom. The molecule has 3 heterocycles. The summed E-state index contributed by atoms with van der Waals surface area (Å²) in [7, 11) is 2.08. The minimum Gasteiger partial charge on any atom is -0.368 e. The number of alkyl halides is 3. The number of nitrogens with one attached hydrogen (secondary N) is 2. The standard InChI is InChI=1S/C21H21F4N7/c1-31-7-9-32(10-8-31)16-5-6-18(26-12-16)29-20-27-13-17(22)19(30-20)28-15-4-2-3-14(11-15)21(23,24)25/h2-6,11-13H,7-10H2,1H3,(H2,26,27,28,29,30). The molecule has 4 rings (SSSR count). The summed E-state index contributed by atoms with van der Waals surface area (Å²) in [5, 5.41) is 5.45. The first-order valence-corrected chi connectivity index (χ1v) is 9.91. The van der Waals surface area contributed by atoms with Crippen molar-refractivity contribution in [3.63, 3.8) is 0 Å². The van der Waals surface area contributed by atoms with E-state index in [-0.39, 0.29) is 17.5 Å². The van der Waals surface area contributed by atoms with E-state index >= 15 is 0 Å². The van der Waals surface area contributed by atoms with Gasteiger partial charge in [-0.05, 0) is 37.4 Å². The summed E-state index contributed by atoms with van der Waals surface area (Å²) in [6.45, 7) is 3.78. The number of hydrogen-bond acceptors (Lipinski definition) is 7. The fourth-order valence-corrected chi connectivity index (χ4v) is 3.25. The Kier molecular flexibility index (Phi) is 6.08. The number of piperazine rings is 1. The molecule has 1 aliphatic rings. The molecule has 1 aromatic carbocycles. The van der Waals surface area contributed by atoms with Crippen LogP contribution in [0.1, 0.15) is 5.56 Å². The Morgan fingerprint density at radius 2 is 1.72 bits per heavy atom. The van der Waals surface area contributed by atoms with Crippen LogP contribution in [0.3, 0.4) is 0 Å². The van der Waals surface area contributed by atoms with Crippen LogP contribution in [0, 0.1) is 5.82 Å². The van der Waals surface area contributed by atoms with Gasteiger partial charge in [-0.15, -0.1) is 0 Å². The van der Waals surface area contributed by atoms with Crippen LogP contribution in [0.15, 0.2) is 48.8 Å². The molecule has 0 amide bonds. The zero-order chi connectivity index (χ0) is 22.7. The van der Waals surface area contributed by atoms with Gasteiger partial charge in [0, 0.05) is 31.9 Å². The number of anilines is 5. The first-order chi connectivity index (χ1) is 15.3. The van der Waals surface area contributed by atoms with E-state index in [2.05, 4.69) is 42.4 Å². The lowest BCUT2D eigenvalue weighted by Crippen LogP contribution is -2.44. The third-order valence-electron chi connectivity index (χ3n) is 5.05. The third kappa shape index (κ3) is 5.22. The van der Waals surface area contributed by atoms with Gasteiger partial charge in [0.15, 0.2) is 11.6 Å². The molecule has 0 saturated carbocycles. The molecule has 7 nitrogen and oxygen atoms in total. The number of aromatic nitrogens is 3. The summed E-state index contributed by atoms with van der Waals surface area (Å²) in [4.78, 5) is 16.8. The van der Waals surface area contributed by atoms with Crippen molar-refractivity contribution in [3.05, 3.63) is 60.2 Å². The molecule has 0 spiro atoms. The van der Waals surface area contributed by atoms with Crippen molar-refractivity contribution in [1.29, 1.82) is 0 Å². The summed E-state index contributed by atoms with van der Waals surface area (Å²) in [6, 6.07) is 8.13. The van der Waals surface area contributed by atoms with Gasteiger partial charge in [-0.3, -0.25) is 0 Å².